The number of carbonyl (C=O) groups excluding carboxylic acids is 1. The van der Waals surface area contributed by atoms with Gasteiger partial charge in [-0.15, -0.1) is 5.10 Å². The summed E-state index contributed by atoms with van der Waals surface area (Å²) in [6, 6.07) is 0. The number of amides is 1. The second kappa shape index (κ2) is 7.21. The Morgan fingerprint density at radius 2 is 2.21 bits per heavy atom. The lowest BCUT2D eigenvalue weighted by molar-refractivity contribution is 0.0676. The molecule has 1 fully saturated rings. The Morgan fingerprint density at radius 1 is 1.42 bits per heavy atom. The van der Waals surface area contributed by atoms with Gasteiger partial charge in [0.05, 0.1) is 11.4 Å². The van der Waals surface area contributed by atoms with E-state index in [2.05, 4.69) is 19.6 Å². The summed E-state index contributed by atoms with van der Waals surface area (Å²) >= 11 is 1.19. The van der Waals surface area contributed by atoms with Gasteiger partial charge in [-0.2, -0.15) is 0 Å². The predicted octanol–water partition coefficient (Wildman–Crippen LogP) is 2.13. The minimum Gasteiger partial charge on any atom is -0.382 e. The molecule has 0 radical (unpaired) electrons. The van der Waals surface area contributed by atoms with E-state index in [0.29, 0.717) is 23.2 Å². The molecule has 0 saturated carbocycles. The quantitative estimate of drug-likeness (QED) is 0.910. The normalized spacial score (nSPS) is 18.1. The first-order valence-electron chi connectivity index (χ1n) is 8.23. The third kappa shape index (κ3) is 3.53. The van der Waals surface area contributed by atoms with E-state index >= 15 is 0 Å². The van der Waals surface area contributed by atoms with E-state index in [0.717, 1.165) is 37.2 Å². The van der Waals surface area contributed by atoms with Gasteiger partial charge in [-0.25, -0.2) is 4.98 Å². The number of rotatable bonds is 4. The first kappa shape index (κ1) is 16.8. The zero-order valence-corrected chi connectivity index (χ0v) is 14.8. The molecule has 0 spiro atoms. The van der Waals surface area contributed by atoms with Gasteiger partial charge in [0.1, 0.15) is 10.7 Å². The molecule has 3 rings (SSSR count). The summed E-state index contributed by atoms with van der Waals surface area (Å²) < 4.78 is 3.97. The predicted molar refractivity (Wildman–Crippen MR) is 92.8 cm³/mol. The number of carbonyl (C=O) groups is 1. The van der Waals surface area contributed by atoms with Crippen molar-refractivity contribution in [1.29, 1.82) is 0 Å². The van der Waals surface area contributed by atoms with E-state index in [1.54, 1.807) is 12.4 Å². The number of hydrogen-bond donors (Lipinski definition) is 1. The summed E-state index contributed by atoms with van der Waals surface area (Å²) in [5.74, 6) is 1.08. The van der Waals surface area contributed by atoms with E-state index in [1.807, 2.05) is 18.7 Å². The van der Waals surface area contributed by atoms with Gasteiger partial charge in [-0.3, -0.25) is 9.78 Å². The van der Waals surface area contributed by atoms with Crippen LogP contribution in [0.5, 0.6) is 0 Å². The molecule has 24 heavy (non-hydrogen) atoms. The molecule has 1 unspecified atom stereocenters. The highest BCUT2D eigenvalue weighted by atomic mass is 32.1. The van der Waals surface area contributed by atoms with Crippen molar-refractivity contribution in [3.05, 3.63) is 28.7 Å². The Morgan fingerprint density at radius 3 is 2.96 bits per heavy atom. The monoisotopic (exact) mass is 346 g/mol. The molecule has 1 aliphatic rings. The Labute approximate surface area is 145 Å². The highest BCUT2D eigenvalue weighted by Gasteiger charge is 2.29. The molecular weight excluding hydrogens is 324 g/mol. The summed E-state index contributed by atoms with van der Waals surface area (Å²) in [6.45, 7) is 5.55. The number of aromatic nitrogens is 4. The third-order valence-electron chi connectivity index (χ3n) is 4.35. The van der Waals surface area contributed by atoms with Crippen molar-refractivity contribution in [2.45, 2.75) is 39.0 Å². The SMILES string of the molecule is CC(C)c1nnsc1C(=O)N1CCCC(Cc2nccnc2N)C1. The van der Waals surface area contributed by atoms with Crippen molar-refractivity contribution in [3.8, 4) is 0 Å². The van der Waals surface area contributed by atoms with Crippen LogP contribution in [0.1, 0.15) is 53.7 Å². The number of nitrogens with two attached hydrogens (primary N) is 1. The Balaban J connectivity index is 1.70. The molecule has 2 aromatic heterocycles. The van der Waals surface area contributed by atoms with Crippen LogP contribution in [-0.4, -0.2) is 43.5 Å². The van der Waals surface area contributed by atoms with Crippen LogP contribution in [0.15, 0.2) is 12.4 Å². The van der Waals surface area contributed by atoms with E-state index in [1.165, 1.54) is 11.5 Å². The Hall–Kier alpha value is -2.09. The number of hydrogen-bond acceptors (Lipinski definition) is 7. The summed E-state index contributed by atoms with van der Waals surface area (Å²) in [7, 11) is 0. The van der Waals surface area contributed by atoms with Crippen molar-refractivity contribution in [2.24, 2.45) is 5.92 Å². The number of likely N-dealkylation sites (tertiary alicyclic amines) is 1. The van der Waals surface area contributed by atoms with Crippen LogP contribution in [0.3, 0.4) is 0 Å². The molecule has 0 aliphatic carbocycles. The molecule has 1 atom stereocenters. The van der Waals surface area contributed by atoms with Gasteiger partial charge < -0.3 is 10.6 Å². The number of nitrogen functional groups attached to an aromatic ring is 1. The maximum absolute atomic E-state index is 12.9. The maximum Gasteiger partial charge on any atom is 0.267 e. The highest BCUT2D eigenvalue weighted by molar-refractivity contribution is 7.08. The van der Waals surface area contributed by atoms with Crippen molar-refractivity contribution >= 4 is 23.3 Å². The fourth-order valence-corrected chi connectivity index (χ4v) is 3.88. The molecule has 3 heterocycles. The van der Waals surface area contributed by atoms with E-state index < -0.39 is 0 Å². The smallest absolute Gasteiger partial charge is 0.267 e. The first-order chi connectivity index (χ1) is 11.6. The second-order valence-corrected chi connectivity index (χ2v) is 7.25. The van der Waals surface area contributed by atoms with Crippen molar-refractivity contribution in [1.82, 2.24) is 24.5 Å². The van der Waals surface area contributed by atoms with E-state index in [-0.39, 0.29) is 11.8 Å². The third-order valence-corrected chi connectivity index (χ3v) is 5.08. The number of nitrogens with zero attached hydrogens (tertiary/aromatic N) is 5. The molecule has 128 valence electrons. The fourth-order valence-electron chi connectivity index (χ4n) is 3.09. The van der Waals surface area contributed by atoms with Crippen molar-refractivity contribution in [2.75, 3.05) is 18.8 Å². The Bertz CT molecular complexity index is 716. The molecule has 8 heteroatoms. The summed E-state index contributed by atoms with van der Waals surface area (Å²) in [4.78, 5) is 23.9. The first-order valence-corrected chi connectivity index (χ1v) is 9.00. The molecule has 1 amide bonds. The molecule has 7 nitrogen and oxygen atoms in total. The second-order valence-electron chi connectivity index (χ2n) is 6.49. The molecule has 2 N–H and O–H groups in total. The van der Waals surface area contributed by atoms with Gasteiger partial charge in [-0.1, -0.05) is 18.3 Å². The number of piperidine rings is 1. The molecule has 0 aromatic carbocycles. The molecular formula is C16H22N6OS. The van der Waals surface area contributed by atoms with Gasteiger partial charge in [0, 0.05) is 25.5 Å². The topological polar surface area (TPSA) is 97.9 Å². The van der Waals surface area contributed by atoms with Gasteiger partial charge in [0.15, 0.2) is 0 Å². The minimum absolute atomic E-state index is 0.0468. The number of anilines is 1. The Kier molecular flexibility index (Phi) is 5.03. The molecule has 2 aromatic rings. The lowest BCUT2D eigenvalue weighted by Crippen LogP contribution is -2.40. The van der Waals surface area contributed by atoms with Gasteiger partial charge >= 0.3 is 0 Å². The lowest BCUT2D eigenvalue weighted by atomic mass is 9.93. The standard InChI is InChI=1S/C16H22N6OS/c1-10(2)13-14(24-21-20-13)16(23)22-7-3-4-11(9-22)8-12-15(17)19-6-5-18-12/h5-6,10-11H,3-4,7-9H2,1-2H3,(H2,17,19). The molecule has 0 bridgehead atoms. The van der Waals surface area contributed by atoms with Crippen LogP contribution in [-0.2, 0) is 6.42 Å². The highest BCUT2D eigenvalue weighted by Crippen LogP contribution is 2.26. The summed E-state index contributed by atoms with van der Waals surface area (Å²) in [5, 5.41) is 4.12. The zero-order chi connectivity index (χ0) is 17.1. The van der Waals surface area contributed by atoms with Crippen LogP contribution < -0.4 is 5.73 Å². The van der Waals surface area contributed by atoms with E-state index in [4.69, 9.17) is 5.73 Å². The largest absolute Gasteiger partial charge is 0.382 e. The van der Waals surface area contributed by atoms with E-state index in [9.17, 15) is 4.79 Å². The van der Waals surface area contributed by atoms with Crippen LogP contribution in [0, 0.1) is 5.92 Å². The fraction of sp³-hybridized carbons (Fsp3) is 0.562. The maximum atomic E-state index is 12.9. The van der Waals surface area contributed by atoms with Gasteiger partial charge in [0.25, 0.3) is 5.91 Å². The van der Waals surface area contributed by atoms with Crippen LogP contribution in [0.2, 0.25) is 0 Å². The van der Waals surface area contributed by atoms with Gasteiger partial charge in [0.2, 0.25) is 0 Å². The molecule has 1 aliphatic heterocycles. The van der Waals surface area contributed by atoms with Crippen LogP contribution in [0.25, 0.3) is 0 Å². The molecule has 1 saturated heterocycles. The van der Waals surface area contributed by atoms with Crippen LogP contribution in [0.4, 0.5) is 5.82 Å². The zero-order valence-electron chi connectivity index (χ0n) is 14.0. The summed E-state index contributed by atoms with van der Waals surface area (Å²) in [5.41, 5.74) is 7.51. The summed E-state index contributed by atoms with van der Waals surface area (Å²) in [6.07, 6.45) is 6.06. The lowest BCUT2D eigenvalue weighted by Gasteiger charge is -2.32. The van der Waals surface area contributed by atoms with Crippen molar-refractivity contribution < 1.29 is 4.79 Å². The van der Waals surface area contributed by atoms with Gasteiger partial charge in [-0.05, 0) is 42.6 Å². The average molecular weight is 346 g/mol. The average Bonchev–Trinajstić information content (AvgIpc) is 3.06. The van der Waals surface area contributed by atoms with Crippen LogP contribution >= 0.6 is 11.5 Å². The minimum atomic E-state index is 0.0468. The van der Waals surface area contributed by atoms with Crippen molar-refractivity contribution in [3.63, 3.8) is 0 Å².